The van der Waals surface area contributed by atoms with Gasteiger partial charge >= 0.3 is 0 Å². The molecule has 2 nitrogen and oxygen atoms in total. The molecule has 0 saturated carbocycles. The van der Waals surface area contributed by atoms with E-state index in [2.05, 4.69) is 27.7 Å². The zero-order chi connectivity index (χ0) is 10.3. The van der Waals surface area contributed by atoms with Crippen LogP contribution in [-0.4, -0.2) is 19.3 Å². The van der Waals surface area contributed by atoms with Gasteiger partial charge in [0.15, 0.2) is 0 Å². The maximum absolute atomic E-state index is 5.73. The fourth-order valence-electron chi connectivity index (χ4n) is 1.25. The number of hydrogen-bond acceptors (Lipinski definition) is 2. The van der Waals surface area contributed by atoms with Crippen molar-refractivity contribution in [1.82, 2.24) is 0 Å². The summed E-state index contributed by atoms with van der Waals surface area (Å²) in [5.74, 6) is 0. The summed E-state index contributed by atoms with van der Waals surface area (Å²) < 4.78 is 5.73. The molecule has 0 amide bonds. The van der Waals surface area contributed by atoms with Crippen molar-refractivity contribution in [2.75, 3.05) is 13.2 Å². The summed E-state index contributed by atoms with van der Waals surface area (Å²) >= 11 is 0. The first-order chi connectivity index (χ1) is 6.02. The Hall–Kier alpha value is -0.0800. The summed E-state index contributed by atoms with van der Waals surface area (Å²) in [6.45, 7) is 10.2. The second kappa shape index (κ2) is 6.39. The van der Waals surface area contributed by atoms with E-state index in [-0.39, 0.29) is 11.5 Å². The van der Waals surface area contributed by atoms with Crippen LogP contribution in [-0.2, 0) is 4.74 Å². The van der Waals surface area contributed by atoms with Crippen LogP contribution < -0.4 is 5.73 Å². The normalized spacial score (nSPS) is 14.5. The van der Waals surface area contributed by atoms with Crippen molar-refractivity contribution in [3.8, 4) is 0 Å². The molecule has 13 heavy (non-hydrogen) atoms. The molecule has 0 spiro atoms. The van der Waals surface area contributed by atoms with E-state index >= 15 is 0 Å². The lowest BCUT2D eigenvalue weighted by molar-refractivity contribution is -0.0127. The Labute approximate surface area is 82.8 Å². The topological polar surface area (TPSA) is 35.2 Å². The lowest BCUT2D eigenvalue weighted by atomic mass is 9.89. The maximum atomic E-state index is 5.73. The quantitative estimate of drug-likeness (QED) is 0.649. The van der Waals surface area contributed by atoms with Crippen LogP contribution in [0.4, 0.5) is 0 Å². The van der Waals surface area contributed by atoms with Gasteiger partial charge in [-0.2, -0.15) is 0 Å². The Morgan fingerprint density at radius 2 is 1.85 bits per heavy atom. The fourth-order valence-corrected chi connectivity index (χ4v) is 1.25. The van der Waals surface area contributed by atoms with E-state index in [1.807, 2.05) is 0 Å². The van der Waals surface area contributed by atoms with E-state index in [0.29, 0.717) is 6.54 Å². The summed E-state index contributed by atoms with van der Waals surface area (Å²) in [5, 5.41) is 0. The van der Waals surface area contributed by atoms with Crippen LogP contribution in [0.15, 0.2) is 0 Å². The van der Waals surface area contributed by atoms with E-state index in [0.717, 1.165) is 13.0 Å². The van der Waals surface area contributed by atoms with Crippen molar-refractivity contribution >= 4 is 0 Å². The first-order valence-corrected chi connectivity index (χ1v) is 5.34. The molecule has 2 heteroatoms. The van der Waals surface area contributed by atoms with Crippen LogP contribution in [0.3, 0.4) is 0 Å². The van der Waals surface area contributed by atoms with Crippen molar-refractivity contribution in [3.05, 3.63) is 0 Å². The highest BCUT2D eigenvalue weighted by atomic mass is 16.5. The highest BCUT2D eigenvalue weighted by Crippen LogP contribution is 2.21. The van der Waals surface area contributed by atoms with Gasteiger partial charge in [-0.25, -0.2) is 0 Å². The molecule has 0 bridgehead atoms. The summed E-state index contributed by atoms with van der Waals surface area (Å²) in [6.07, 6.45) is 3.85. The second-order valence-corrected chi connectivity index (χ2v) is 4.67. The lowest BCUT2D eigenvalue weighted by Crippen LogP contribution is -2.36. The molecule has 0 aromatic carbocycles. The zero-order valence-electron chi connectivity index (χ0n) is 9.60. The van der Waals surface area contributed by atoms with Crippen LogP contribution >= 0.6 is 0 Å². The third kappa shape index (κ3) is 6.05. The Morgan fingerprint density at radius 3 is 2.23 bits per heavy atom. The second-order valence-electron chi connectivity index (χ2n) is 4.67. The van der Waals surface area contributed by atoms with Crippen molar-refractivity contribution < 1.29 is 4.74 Å². The van der Waals surface area contributed by atoms with E-state index in [1.54, 1.807) is 0 Å². The van der Waals surface area contributed by atoms with Gasteiger partial charge in [0.05, 0.1) is 6.10 Å². The molecular weight excluding hydrogens is 162 g/mol. The zero-order valence-corrected chi connectivity index (χ0v) is 9.60. The highest BCUT2D eigenvalue weighted by molar-refractivity contribution is 4.74. The molecule has 0 aliphatic heterocycles. The summed E-state index contributed by atoms with van der Waals surface area (Å²) in [6, 6.07) is 0. The van der Waals surface area contributed by atoms with Gasteiger partial charge in [-0.15, -0.1) is 0 Å². The Balaban J connectivity index is 3.61. The third-order valence-electron chi connectivity index (χ3n) is 2.25. The first-order valence-electron chi connectivity index (χ1n) is 5.34. The van der Waals surface area contributed by atoms with Crippen molar-refractivity contribution in [2.45, 2.75) is 53.1 Å². The van der Waals surface area contributed by atoms with Crippen LogP contribution in [0.2, 0.25) is 0 Å². The predicted octanol–water partition coefficient (Wildman–Crippen LogP) is 2.57. The first kappa shape index (κ1) is 12.9. The molecule has 1 atom stereocenters. The van der Waals surface area contributed by atoms with Crippen LogP contribution in [0, 0.1) is 5.41 Å². The molecule has 2 N–H and O–H groups in total. The average molecular weight is 187 g/mol. The largest absolute Gasteiger partial charge is 0.376 e. The van der Waals surface area contributed by atoms with Crippen LogP contribution in [0.1, 0.15) is 47.0 Å². The third-order valence-corrected chi connectivity index (χ3v) is 2.25. The average Bonchev–Trinajstić information content (AvgIpc) is 2.02. The van der Waals surface area contributed by atoms with E-state index in [4.69, 9.17) is 10.5 Å². The van der Waals surface area contributed by atoms with Crippen LogP contribution in [0.5, 0.6) is 0 Å². The van der Waals surface area contributed by atoms with Gasteiger partial charge in [-0.3, -0.25) is 0 Å². The van der Waals surface area contributed by atoms with Crippen molar-refractivity contribution in [2.24, 2.45) is 11.1 Å². The van der Waals surface area contributed by atoms with Crippen LogP contribution in [0.25, 0.3) is 0 Å². The molecule has 0 fully saturated rings. The molecule has 0 rings (SSSR count). The van der Waals surface area contributed by atoms with Gasteiger partial charge in [0.25, 0.3) is 0 Å². The van der Waals surface area contributed by atoms with Gasteiger partial charge in [0.1, 0.15) is 0 Å². The fraction of sp³-hybridized carbons (Fsp3) is 1.00. The molecule has 0 radical (unpaired) electrons. The van der Waals surface area contributed by atoms with E-state index in [1.165, 1.54) is 12.8 Å². The molecular formula is C11H25NO. The van der Waals surface area contributed by atoms with Crippen molar-refractivity contribution in [1.29, 1.82) is 0 Å². The molecule has 0 aliphatic carbocycles. The maximum Gasteiger partial charge on any atom is 0.0745 e. The number of rotatable bonds is 6. The number of nitrogens with two attached hydrogens (primary N) is 1. The number of unbranched alkanes of at least 4 members (excludes halogenated alkanes) is 2. The molecule has 1 unspecified atom stereocenters. The standard InChI is InChI=1S/C11H25NO/c1-5-6-7-8-13-10(9-12)11(2,3)4/h10H,5-9,12H2,1-4H3. The number of ether oxygens (including phenoxy) is 1. The molecule has 0 aliphatic rings. The molecule has 0 aromatic rings. The minimum absolute atomic E-state index is 0.168. The SMILES string of the molecule is CCCCCOC(CN)C(C)(C)C. The predicted molar refractivity (Wildman–Crippen MR) is 57.8 cm³/mol. The van der Waals surface area contributed by atoms with Gasteiger partial charge in [0, 0.05) is 13.2 Å². The number of hydrogen-bond donors (Lipinski definition) is 1. The molecule has 0 heterocycles. The Morgan fingerprint density at radius 1 is 1.23 bits per heavy atom. The van der Waals surface area contributed by atoms with Gasteiger partial charge in [0.2, 0.25) is 0 Å². The minimum Gasteiger partial charge on any atom is -0.376 e. The van der Waals surface area contributed by atoms with Gasteiger partial charge in [-0.05, 0) is 11.8 Å². The summed E-state index contributed by atoms with van der Waals surface area (Å²) in [4.78, 5) is 0. The highest BCUT2D eigenvalue weighted by Gasteiger charge is 2.23. The summed E-state index contributed by atoms with van der Waals surface area (Å²) in [5.41, 5.74) is 5.82. The minimum atomic E-state index is 0.168. The summed E-state index contributed by atoms with van der Waals surface area (Å²) in [7, 11) is 0. The smallest absolute Gasteiger partial charge is 0.0745 e. The Bertz CT molecular complexity index is 118. The molecule has 0 saturated heterocycles. The Kier molecular flexibility index (Phi) is 6.35. The molecule has 80 valence electrons. The molecule has 0 aromatic heterocycles. The van der Waals surface area contributed by atoms with E-state index < -0.39 is 0 Å². The monoisotopic (exact) mass is 187 g/mol. The van der Waals surface area contributed by atoms with Gasteiger partial charge in [-0.1, -0.05) is 40.5 Å². The van der Waals surface area contributed by atoms with E-state index in [9.17, 15) is 0 Å². The van der Waals surface area contributed by atoms with Crippen molar-refractivity contribution in [3.63, 3.8) is 0 Å². The lowest BCUT2D eigenvalue weighted by Gasteiger charge is -2.29. The van der Waals surface area contributed by atoms with Gasteiger partial charge < -0.3 is 10.5 Å².